The van der Waals surface area contributed by atoms with Crippen LogP contribution in [0.25, 0.3) is 0 Å². The number of hydrogen-bond acceptors (Lipinski definition) is 4. The first-order valence-corrected chi connectivity index (χ1v) is 15.5. The summed E-state index contributed by atoms with van der Waals surface area (Å²) in [6, 6.07) is 13.0. The van der Waals surface area contributed by atoms with Crippen molar-refractivity contribution in [3.8, 4) is 0 Å². The molecule has 0 bridgehead atoms. The molecule has 0 aromatic heterocycles. The van der Waals surface area contributed by atoms with Crippen LogP contribution in [-0.2, 0) is 26.2 Å². The van der Waals surface area contributed by atoms with Crippen molar-refractivity contribution in [2.75, 3.05) is 17.1 Å². The molecule has 2 amide bonds. The highest BCUT2D eigenvalue weighted by atomic mass is 32.2. The Balaban J connectivity index is 1.72. The van der Waals surface area contributed by atoms with E-state index in [0.717, 1.165) is 47.9 Å². The summed E-state index contributed by atoms with van der Waals surface area (Å²) < 4.78 is 26.5. The summed E-state index contributed by atoms with van der Waals surface area (Å²) >= 11 is 0. The number of nitrogens with zero attached hydrogens (tertiary/aromatic N) is 2. The minimum atomic E-state index is -3.52. The Morgan fingerprint density at radius 1 is 1.00 bits per heavy atom. The number of carbonyl (C=O) groups is 2. The zero-order valence-electron chi connectivity index (χ0n) is 23.5. The second-order valence-corrected chi connectivity index (χ2v) is 12.6. The van der Waals surface area contributed by atoms with Crippen LogP contribution in [0.4, 0.5) is 5.69 Å². The molecule has 7 nitrogen and oxygen atoms in total. The topological polar surface area (TPSA) is 86.8 Å². The van der Waals surface area contributed by atoms with Crippen LogP contribution in [0.15, 0.2) is 42.5 Å². The van der Waals surface area contributed by atoms with Gasteiger partial charge in [0.25, 0.3) is 0 Å². The molecule has 1 aliphatic carbocycles. The highest BCUT2D eigenvalue weighted by Gasteiger charge is 2.28. The second kappa shape index (κ2) is 13.3. The van der Waals surface area contributed by atoms with Gasteiger partial charge in [0, 0.05) is 25.6 Å². The minimum absolute atomic E-state index is 0.134. The number of amides is 2. The van der Waals surface area contributed by atoms with Crippen molar-refractivity contribution in [1.29, 1.82) is 0 Å². The van der Waals surface area contributed by atoms with Crippen molar-refractivity contribution < 1.29 is 18.0 Å². The Hall–Kier alpha value is -2.87. The fourth-order valence-corrected chi connectivity index (χ4v) is 6.00. The third kappa shape index (κ3) is 8.32. The van der Waals surface area contributed by atoms with Gasteiger partial charge in [-0.15, -0.1) is 0 Å². The third-order valence-electron chi connectivity index (χ3n) is 7.48. The summed E-state index contributed by atoms with van der Waals surface area (Å²) in [6.45, 7) is 8.23. The molecule has 1 unspecified atom stereocenters. The van der Waals surface area contributed by atoms with Gasteiger partial charge < -0.3 is 10.2 Å². The second-order valence-electron chi connectivity index (χ2n) is 10.7. The van der Waals surface area contributed by atoms with Crippen molar-refractivity contribution in [3.63, 3.8) is 0 Å². The molecule has 208 valence electrons. The summed E-state index contributed by atoms with van der Waals surface area (Å²) in [7, 11) is -3.52. The van der Waals surface area contributed by atoms with Gasteiger partial charge in [-0.25, -0.2) is 8.42 Å². The Morgan fingerprint density at radius 3 is 2.34 bits per heavy atom. The maximum Gasteiger partial charge on any atom is 0.242 e. The maximum atomic E-state index is 13.5. The number of nitrogens with one attached hydrogen (secondary N) is 1. The first kappa shape index (κ1) is 29.7. The zero-order chi connectivity index (χ0) is 27.9. The summed E-state index contributed by atoms with van der Waals surface area (Å²) in [5, 5.41) is 3.16. The molecule has 0 spiro atoms. The van der Waals surface area contributed by atoms with Gasteiger partial charge in [0.2, 0.25) is 21.8 Å². The van der Waals surface area contributed by atoms with Gasteiger partial charge >= 0.3 is 0 Å². The highest BCUT2D eigenvalue weighted by molar-refractivity contribution is 7.92. The number of anilines is 1. The van der Waals surface area contributed by atoms with E-state index in [1.807, 2.05) is 57.2 Å². The SMILES string of the molecule is Cc1cccc(CN(C(=O)CCCN(c2ccc(C)c(C)c2)S(C)(=O)=O)C(C)C(=O)NC2CCCCC2)c1. The molecule has 1 saturated carbocycles. The number of hydrogen-bond donors (Lipinski definition) is 1. The number of sulfonamides is 1. The lowest BCUT2D eigenvalue weighted by Gasteiger charge is -2.31. The molecule has 2 aromatic rings. The molecule has 1 aliphatic rings. The quantitative estimate of drug-likeness (QED) is 0.433. The fraction of sp³-hybridized carbons (Fsp3) is 0.533. The van der Waals surface area contributed by atoms with Gasteiger partial charge in [-0.1, -0.05) is 55.2 Å². The van der Waals surface area contributed by atoms with E-state index < -0.39 is 16.1 Å². The Labute approximate surface area is 228 Å². The summed E-state index contributed by atoms with van der Waals surface area (Å²) in [4.78, 5) is 28.3. The van der Waals surface area contributed by atoms with Gasteiger partial charge in [-0.2, -0.15) is 0 Å². The minimum Gasteiger partial charge on any atom is -0.352 e. The van der Waals surface area contributed by atoms with Gasteiger partial charge in [-0.05, 0) is 75.8 Å². The fourth-order valence-electron chi connectivity index (χ4n) is 5.04. The molecule has 2 aromatic carbocycles. The summed E-state index contributed by atoms with van der Waals surface area (Å²) in [5.41, 5.74) is 4.74. The van der Waals surface area contributed by atoms with E-state index in [0.29, 0.717) is 18.7 Å². The summed E-state index contributed by atoms with van der Waals surface area (Å²) in [5.74, 6) is -0.294. The van der Waals surface area contributed by atoms with Crippen LogP contribution in [0.5, 0.6) is 0 Å². The zero-order valence-corrected chi connectivity index (χ0v) is 24.3. The Morgan fingerprint density at radius 2 is 1.71 bits per heavy atom. The smallest absolute Gasteiger partial charge is 0.242 e. The van der Waals surface area contributed by atoms with Crippen molar-refractivity contribution in [3.05, 3.63) is 64.7 Å². The lowest BCUT2D eigenvalue weighted by atomic mass is 9.95. The molecule has 1 fully saturated rings. The van der Waals surface area contributed by atoms with E-state index in [1.165, 1.54) is 17.0 Å². The number of rotatable bonds is 11. The number of benzene rings is 2. The van der Waals surface area contributed by atoms with E-state index in [4.69, 9.17) is 0 Å². The maximum absolute atomic E-state index is 13.5. The lowest BCUT2D eigenvalue weighted by Crippen LogP contribution is -2.50. The van der Waals surface area contributed by atoms with Gasteiger partial charge in [0.15, 0.2) is 0 Å². The Kier molecular flexibility index (Phi) is 10.4. The first-order valence-electron chi connectivity index (χ1n) is 13.7. The third-order valence-corrected chi connectivity index (χ3v) is 8.68. The average Bonchev–Trinajstić information content (AvgIpc) is 2.86. The largest absolute Gasteiger partial charge is 0.352 e. The van der Waals surface area contributed by atoms with Crippen LogP contribution in [0.2, 0.25) is 0 Å². The van der Waals surface area contributed by atoms with E-state index in [1.54, 1.807) is 17.9 Å². The predicted octanol–water partition coefficient (Wildman–Crippen LogP) is 5.02. The van der Waals surface area contributed by atoms with Crippen LogP contribution >= 0.6 is 0 Å². The van der Waals surface area contributed by atoms with Crippen molar-refractivity contribution >= 4 is 27.5 Å². The van der Waals surface area contributed by atoms with E-state index in [9.17, 15) is 18.0 Å². The van der Waals surface area contributed by atoms with Crippen LogP contribution in [0, 0.1) is 20.8 Å². The van der Waals surface area contributed by atoms with Crippen molar-refractivity contribution in [1.82, 2.24) is 10.2 Å². The molecule has 0 heterocycles. The van der Waals surface area contributed by atoms with Gasteiger partial charge in [0.05, 0.1) is 11.9 Å². The molecule has 38 heavy (non-hydrogen) atoms. The molecular formula is C30H43N3O4S. The Bertz CT molecular complexity index is 1220. The molecule has 0 radical (unpaired) electrons. The lowest BCUT2D eigenvalue weighted by molar-refractivity contribution is -0.141. The molecule has 1 atom stereocenters. The van der Waals surface area contributed by atoms with Gasteiger partial charge in [-0.3, -0.25) is 13.9 Å². The van der Waals surface area contributed by atoms with Crippen LogP contribution in [-0.4, -0.2) is 50.0 Å². The highest BCUT2D eigenvalue weighted by Crippen LogP contribution is 2.23. The van der Waals surface area contributed by atoms with Crippen LogP contribution < -0.4 is 9.62 Å². The molecular weight excluding hydrogens is 498 g/mol. The average molecular weight is 542 g/mol. The van der Waals surface area contributed by atoms with E-state index in [2.05, 4.69) is 5.32 Å². The molecule has 0 saturated heterocycles. The van der Waals surface area contributed by atoms with E-state index >= 15 is 0 Å². The first-order chi connectivity index (χ1) is 18.0. The van der Waals surface area contributed by atoms with Gasteiger partial charge in [0.1, 0.15) is 6.04 Å². The standard InChI is InChI=1S/C30H43N3O4S/c1-22-11-9-12-26(19-22)21-32(25(4)30(35)31-27-13-7-6-8-14-27)29(34)15-10-18-33(38(5,36)37)28-17-16-23(2)24(3)20-28/h9,11-12,16-17,19-20,25,27H,6-8,10,13-15,18,21H2,1-5H3,(H,31,35). The molecule has 0 aliphatic heterocycles. The van der Waals surface area contributed by atoms with Crippen molar-refractivity contribution in [2.45, 2.75) is 91.3 Å². The van der Waals surface area contributed by atoms with Crippen molar-refractivity contribution in [2.24, 2.45) is 0 Å². The molecule has 1 N–H and O–H groups in total. The van der Waals surface area contributed by atoms with Crippen LogP contribution in [0.3, 0.4) is 0 Å². The summed E-state index contributed by atoms with van der Waals surface area (Å²) in [6.07, 6.45) is 7.06. The normalized spacial score (nSPS) is 15.1. The van der Waals surface area contributed by atoms with Crippen LogP contribution in [0.1, 0.15) is 74.1 Å². The number of carbonyl (C=O) groups excluding carboxylic acids is 2. The predicted molar refractivity (Wildman–Crippen MR) is 154 cm³/mol. The molecule has 8 heteroatoms. The number of aryl methyl sites for hydroxylation is 3. The monoisotopic (exact) mass is 541 g/mol. The molecule has 3 rings (SSSR count). The van der Waals surface area contributed by atoms with E-state index in [-0.39, 0.29) is 30.8 Å².